The summed E-state index contributed by atoms with van der Waals surface area (Å²) in [4.78, 5) is 0. The third-order valence-electron chi connectivity index (χ3n) is 6.68. The van der Waals surface area contributed by atoms with Gasteiger partial charge in [0.15, 0.2) is 7.14 Å². The molecule has 7 rings (SSSR count). The lowest BCUT2D eigenvalue weighted by atomic mass is 10.1. The highest BCUT2D eigenvalue weighted by Gasteiger charge is 2.31. The molecule has 6 heteroatoms. The predicted octanol–water partition coefficient (Wildman–Crippen LogP) is 8.34. The van der Waals surface area contributed by atoms with E-state index in [4.69, 9.17) is 0 Å². The first-order valence-corrected chi connectivity index (χ1v) is 14.8. The van der Waals surface area contributed by atoms with E-state index in [0.29, 0.717) is 10.6 Å². The molecule has 0 amide bonds. The van der Waals surface area contributed by atoms with Crippen LogP contribution in [0, 0.1) is 11.6 Å². The SMILES string of the molecule is O=P(c1ccccc1)(c1ccc2sc3ccc(F)cc3c2c1)c1ccc2sc3ccc(F)cc3c2c1. The Labute approximate surface area is 213 Å². The molecule has 0 unspecified atom stereocenters. The molecule has 1 nitrogen and oxygen atoms in total. The van der Waals surface area contributed by atoms with E-state index in [9.17, 15) is 8.78 Å². The minimum absolute atomic E-state index is 0.291. The molecule has 0 aliphatic heterocycles. The van der Waals surface area contributed by atoms with Crippen LogP contribution < -0.4 is 15.9 Å². The van der Waals surface area contributed by atoms with Crippen LogP contribution in [0.3, 0.4) is 0 Å². The van der Waals surface area contributed by atoms with Crippen LogP contribution in [-0.4, -0.2) is 0 Å². The summed E-state index contributed by atoms with van der Waals surface area (Å²) in [5, 5.41) is 5.54. The molecule has 2 aromatic heterocycles. The van der Waals surface area contributed by atoms with E-state index in [1.54, 1.807) is 46.9 Å². The summed E-state index contributed by atoms with van der Waals surface area (Å²) in [5.41, 5.74) is 0. The molecule has 2 heterocycles. The Morgan fingerprint density at radius 2 is 0.889 bits per heavy atom. The van der Waals surface area contributed by atoms with Crippen LogP contribution in [0.15, 0.2) is 103 Å². The first kappa shape index (κ1) is 21.9. The monoisotopic (exact) mass is 526 g/mol. The van der Waals surface area contributed by atoms with Crippen LogP contribution >= 0.6 is 29.8 Å². The second-order valence-electron chi connectivity index (χ2n) is 8.79. The van der Waals surface area contributed by atoms with Crippen LogP contribution in [0.5, 0.6) is 0 Å². The maximum absolute atomic E-state index is 15.2. The van der Waals surface area contributed by atoms with E-state index >= 15 is 4.57 Å². The van der Waals surface area contributed by atoms with E-state index in [1.807, 2.05) is 66.7 Å². The molecule has 0 bridgehead atoms. The fourth-order valence-electron chi connectivity index (χ4n) is 4.95. The molecular formula is C30H17F2OPS2. The van der Waals surface area contributed by atoms with Crippen LogP contribution in [0.25, 0.3) is 40.3 Å². The van der Waals surface area contributed by atoms with Crippen LogP contribution in [0.1, 0.15) is 0 Å². The summed E-state index contributed by atoms with van der Waals surface area (Å²) >= 11 is 3.19. The Morgan fingerprint density at radius 3 is 1.36 bits per heavy atom. The van der Waals surface area contributed by atoms with Gasteiger partial charge in [0.05, 0.1) is 0 Å². The summed E-state index contributed by atoms with van der Waals surface area (Å²) in [6.45, 7) is 0. The first-order valence-electron chi connectivity index (χ1n) is 11.4. The lowest BCUT2D eigenvalue weighted by molar-refractivity contribution is 0.592. The molecule has 0 aliphatic rings. The first-order chi connectivity index (χ1) is 17.5. The zero-order valence-electron chi connectivity index (χ0n) is 18.7. The van der Waals surface area contributed by atoms with Crippen molar-refractivity contribution in [1.29, 1.82) is 0 Å². The highest BCUT2D eigenvalue weighted by Crippen LogP contribution is 2.46. The third-order valence-corrected chi connectivity index (χ3v) is 12.0. The van der Waals surface area contributed by atoms with Crippen LogP contribution in [0.2, 0.25) is 0 Å². The van der Waals surface area contributed by atoms with Crippen LogP contribution in [-0.2, 0) is 4.57 Å². The minimum atomic E-state index is -3.29. The van der Waals surface area contributed by atoms with Gasteiger partial charge in [-0.05, 0) is 72.8 Å². The van der Waals surface area contributed by atoms with Crippen molar-refractivity contribution in [2.75, 3.05) is 0 Å². The number of halogens is 2. The molecule has 0 atom stereocenters. The summed E-state index contributed by atoms with van der Waals surface area (Å²) in [7, 11) is -3.29. The number of thiophene rings is 2. The van der Waals surface area contributed by atoms with Crippen molar-refractivity contribution in [2.45, 2.75) is 0 Å². The van der Waals surface area contributed by atoms with E-state index in [2.05, 4.69) is 0 Å². The molecule has 0 saturated carbocycles. The van der Waals surface area contributed by atoms with Gasteiger partial charge < -0.3 is 4.57 Å². The Kier molecular flexibility index (Phi) is 4.91. The van der Waals surface area contributed by atoms with Crippen molar-refractivity contribution in [2.24, 2.45) is 0 Å². The average molecular weight is 527 g/mol. The Morgan fingerprint density at radius 1 is 0.472 bits per heavy atom. The standard InChI is InChI=1S/C30H17F2OPS2/c31-18-6-10-27-23(14-18)25-16-21(8-12-29(25)35-27)34(33,20-4-2-1-3-5-20)22-9-13-30-26(17-22)24-15-19(32)7-11-28(24)36-30/h1-17H. The summed E-state index contributed by atoms with van der Waals surface area (Å²) in [6.07, 6.45) is 0. The van der Waals surface area contributed by atoms with Crippen molar-refractivity contribution in [3.63, 3.8) is 0 Å². The van der Waals surface area contributed by atoms with Gasteiger partial charge in [-0.25, -0.2) is 8.78 Å². The van der Waals surface area contributed by atoms with Crippen molar-refractivity contribution < 1.29 is 13.3 Å². The number of hydrogen-bond acceptors (Lipinski definition) is 3. The van der Waals surface area contributed by atoms with Crippen molar-refractivity contribution in [3.05, 3.63) is 115 Å². The molecule has 7 aromatic rings. The Bertz CT molecular complexity index is 1880. The third kappa shape index (κ3) is 3.27. The highest BCUT2D eigenvalue weighted by atomic mass is 32.1. The largest absolute Gasteiger partial charge is 0.309 e. The quantitative estimate of drug-likeness (QED) is 0.212. The van der Waals surface area contributed by atoms with Crippen LogP contribution in [0.4, 0.5) is 8.78 Å². The number of fused-ring (bicyclic) bond motifs is 6. The van der Waals surface area contributed by atoms with E-state index < -0.39 is 7.14 Å². The van der Waals surface area contributed by atoms with Gasteiger partial charge in [0.1, 0.15) is 11.6 Å². The van der Waals surface area contributed by atoms with E-state index in [-0.39, 0.29) is 11.6 Å². The molecule has 174 valence electrons. The zero-order valence-corrected chi connectivity index (χ0v) is 21.3. The number of benzene rings is 5. The number of hydrogen-bond donors (Lipinski definition) is 0. The lowest BCUT2D eigenvalue weighted by Gasteiger charge is -2.20. The van der Waals surface area contributed by atoms with Gasteiger partial charge >= 0.3 is 0 Å². The van der Waals surface area contributed by atoms with Gasteiger partial charge in [-0.3, -0.25) is 0 Å². The maximum atomic E-state index is 15.2. The molecule has 5 aromatic carbocycles. The second-order valence-corrected chi connectivity index (χ2v) is 13.7. The summed E-state index contributed by atoms with van der Waals surface area (Å²) in [5.74, 6) is -0.582. The fraction of sp³-hybridized carbons (Fsp3) is 0. The van der Waals surface area contributed by atoms with Gasteiger partial charge in [0.25, 0.3) is 0 Å². The second kappa shape index (κ2) is 8.07. The van der Waals surface area contributed by atoms with Gasteiger partial charge in [-0.2, -0.15) is 0 Å². The van der Waals surface area contributed by atoms with E-state index in [1.165, 1.54) is 12.1 Å². The smallest absolute Gasteiger partial charge is 0.171 e. The summed E-state index contributed by atoms with van der Waals surface area (Å²) in [6, 6.07) is 30.8. The van der Waals surface area contributed by atoms with Gasteiger partial charge in [-0.1, -0.05) is 30.3 Å². The Hall–Kier alpha value is -3.37. The fourth-order valence-corrected chi connectivity index (χ4v) is 9.76. The summed E-state index contributed by atoms with van der Waals surface area (Å²) < 4.78 is 47.5. The van der Waals surface area contributed by atoms with Gasteiger partial charge in [0, 0.05) is 56.3 Å². The maximum Gasteiger partial charge on any atom is 0.171 e. The van der Waals surface area contributed by atoms with Gasteiger partial charge in [-0.15, -0.1) is 22.7 Å². The van der Waals surface area contributed by atoms with E-state index in [0.717, 1.165) is 45.6 Å². The van der Waals surface area contributed by atoms with Crippen molar-refractivity contribution in [3.8, 4) is 0 Å². The Balaban J connectivity index is 1.53. The molecule has 0 aliphatic carbocycles. The normalized spacial score (nSPS) is 12.3. The molecule has 0 radical (unpaired) electrons. The molecule has 0 spiro atoms. The highest BCUT2D eigenvalue weighted by molar-refractivity contribution is 7.85. The molecular weight excluding hydrogens is 509 g/mol. The molecule has 0 N–H and O–H groups in total. The van der Waals surface area contributed by atoms with Crippen molar-refractivity contribution in [1.82, 2.24) is 0 Å². The number of rotatable bonds is 3. The van der Waals surface area contributed by atoms with Gasteiger partial charge in [0.2, 0.25) is 0 Å². The topological polar surface area (TPSA) is 17.1 Å². The predicted molar refractivity (Wildman–Crippen MR) is 152 cm³/mol. The lowest BCUT2D eigenvalue weighted by Crippen LogP contribution is -2.24. The zero-order chi connectivity index (χ0) is 24.4. The minimum Gasteiger partial charge on any atom is -0.309 e. The molecule has 36 heavy (non-hydrogen) atoms. The average Bonchev–Trinajstić information content (AvgIpc) is 3.45. The molecule has 0 saturated heterocycles. The van der Waals surface area contributed by atoms with Crippen molar-refractivity contribution >= 4 is 86.1 Å². The molecule has 0 fully saturated rings.